The van der Waals surface area contributed by atoms with E-state index >= 15 is 4.39 Å². The van der Waals surface area contributed by atoms with Crippen LogP contribution in [0.3, 0.4) is 0 Å². The van der Waals surface area contributed by atoms with Gasteiger partial charge in [-0.05, 0) is 30.3 Å². The summed E-state index contributed by atoms with van der Waals surface area (Å²) in [5.74, 6) is -1.86. The molecule has 186 valence electrons. The van der Waals surface area contributed by atoms with Crippen LogP contribution in [0.1, 0.15) is 32.7 Å². The molecule has 4 aromatic rings. The average molecular weight is 514 g/mol. The van der Waals surface area contributed by atoms with Gasteiger partial charge in [0, 0.05) is 22.9 Å². The van der Waals surface area contributed by atoms with E-state index in [9.17, 15) is 14.7 Å². The summed E-state index contributed by atoms with van der Waals surface area (Å²) < 4.78 is 26.6. The van der Waals surface area contributed by atoms with Crippen LogP contribution in [0.25, 0.3) is 5.82 Å². The number of H-pyrrole nitrogens is 1. The fraction of sp³-hybridized carbons (Fsp3) is 0.136. The van der Waals surface area contributed by atoms with Crippen LogP contribution >= 0.6 is 11.3 Å². The number of benzene rings is 2. The lowest BCUT2D eigenvalue weighted by Crippen LogP contribution is -2.18. The molecule has 0 radical (unpaired) electrons. The highest BCUT2D eigenvalue weighted by Gasteiger charge is 2.27. The second-order valence-electron chi connectivity index (χ2n) is 7.33. The number of aromatic nitrogens is 4. The van der Waals surface area contributed by atoms with Gasteiger partial charge in [-0.3, -0.25) is 10.4 Å². The highest BCUT2D eigenvalue weighted by atomic mass is 32.1. The van der Waals surface area contributed by atoms with E-state index in [1.807, 2.05) is 0 Å². The molecular formula is C22H20FN7O5S. The smallest absolute Gasteiger partial charge is 0.349 e. The minimum absolute atomic E-state index is 0.0221. The maximum absolute atomic E-state index is 15.3. The summed E-state index contributed by atoms with van der Waals surface area (Å²) in [6, 6.07) is 7.93. The van der Waals surface area contributed by atoms with Gasteiger partial charge in [-0.2, -0.15) is 4.68 Å². The van der Waals surface area contributed by atoms with E-state index in [1.165, 1.54) is 25.8 Å². The Bertz CT molecular complexity index is 1500. The zero-order valence-corrected chi connectivity index (χ0v) is 19.7. The van der Waals surface area contributed by atoms with Crippen LogP contribution < -0.4 is 26.2 Å². The Morgan fingerprint density at radius 1 is 1.25 bits per heavy atom. The molecule has 14 heteroatoms. The Kier molecular flexibility index (Phi) is 6.69. The molecular weight excluding hydrogens is 493 g/mol. The van der Waals surface area contributed by atoms with Crippen LogP contribution in [-0.2, 0) is 0 Å². The van der Waals surface area contributed by atoms with Crippen molar-refractivity contribution in [3.63, 3.8) is 0 Å². The van der Waals surface area contributed by atoms with Crippen molar-refractivity contribution in [1.82, 2.24) is 19.7 Å². The number of nitrogens with zero attached hydrogens (tertiary/aromatic N) is 3. The van der Waals surface area contributed by atoms with Gasteiger partial charge in [-0.15, -0.1) is 16.4 Å². The Morgan fingerprint density at radius 3 is 2.53 bits per heavy atom. The molecule has 4 rings (SSSR count). The first kappa shape index (κ1) is 24.4. The molecule has 0 bridgehead atoms. The monoisotopic (exact) mass is 513 g/mol. The van der Waals surface area contributed by atoms with Gasteiger partial charge in [0.05, 0.1) is 19.7 Å². The molecule has 36 heavy (non-hydrogen) atoms. The lowest BCUT2D eigenvalue weighted by molar-refractivity contribution is 0.0701. The van der Waals surface area contributed by atoms with E-state index < -0.39 is 23.5 Å². The Hall–Kier alpha value is -4.72. The van der Waals surface area contributed by atoms with Crippen LogP contribution in [0.15, 0.2) is 46.7 Å². The summed E-state index contributed by atoms with van der Waals surface area (Å²) in [4.78, 5) is 30.6. The number of hydrogen-bond donors (Lipinski definition) is 5. The summed E-state index contributed by atoms with van der Waals surface area (Å²) in [5.41, 5.74) is 7.06. The summed E-state index contributed by atoms with van der Waals surface area (Å²) in [6.45, 7) is 0. The molecule has 6 N–H and O–H groups in total. The molecule has 0 saturated carbocycles. The third-order valence-electron chi connectivity index (χ3n) is 5.17. The normalized spacial score (nSPS) is 11.6. The lowest BCUT2D eigenvalue weighted by Gasteiger charge is -2.20. The van der Waals surface area contributed by atoms with E-state index in [0.717, 1.165) is 22.1 Å². The molecule has 0 fully saturated rings. The number of nitrogens with one attached hydrogen (secondary N) is 3. The number of thiazole rings is 1. The predicted molar refractivity (Wildman–Crippen MR) is 129 cm³/mol. The van der Waals surface area contributed by atoms with Crippen LogP contribution in [0.5, 0.6) is 11.5 Å². The van der Waals surface area contributed by atoms with Gasteiger partial charge >= 0.3 is 11.7 Å². The summed E-state index contributed by atoms with van der Waals surface area (Å²) in [5, 5.41) is 24.3. The molecule has 2 heterocycles. The number of anilines is 1. The fourth-order valence-corrected chi connectivity index (χ4v) is 4.05. The number of carboxylic acids is 1. The molecule has 0 amide bonds. The third-order valence-corrected chi connectivity index (χ3v) is 5.98. The standard InChI is InChI=1S/C22H20FN7O5S/c1-34-14-7-12(13(23)8-15(14)35-2)16(27-11-5-3-10(4-6-11)18(24)25)19-28-22(33)30(29-19)20-17(21(31)32)36-9-26-20/h3-9,16,27H,1-2H3,(H3,24,25)(H,31,32)(H,28,29,33). The van der Waals surface area contributed by atoms with E-state index in [1.54, 1.807) is 24.3 Å². The largest absolute Gasteiger partial charge is 0.493 e. The van der Waals surface area contributed by atoms with E-state index in [2.05, 4.69) is 20.4 Å². The number of rotatable bonds is 9. The van der Waals surface area contributed by atoms with Crippen molar-refractivity contribution in [3.05, 3.63) is 80.0 Å². The third kappa shape index (κ3) is 4.61. The van der Waals surface area contributed by atoms with Crippen molar-refractivity contribution < 1.29 is 23.8 Å². The van der Waals surface area contributed by atoms with Crippen LogP contribution in [0, 0.1) is 11.2 Å². The summed E-state index contributed by atoms with van der Waals surface area (Å²) >= 11 is 0.835. The highest BCUT2D eigenvalue weighted by Crippen LogP contribution is 2.35. The van der Waals surface area contributed by atoms with Gasteiger partial charge in [0.25, 0.3) is 0 Å². The maximum atomic E-state index is 15.3. The predicted octanol–water partition coefficient (Wildman–Crippen LogP) is 2.36. The summed E-state index contributed by atoms with van der Waals surface area (Å²) in [6.07, 6.45) is 0. The first-order valence-corrected chi connectivity index (χ1v) is 11.1. The molecule has 0 saturated heterocycles. The molecule has 2 aromatic carbocycles. The second-order valence-corrected chi connectivity index (χ2v) is 8.19. The Morgan fingerprint density at radius 2 is 1.92 bits per heavy atom. The molecule has 0 spiro atoms. The lowest BCUT2D eigenvalue weighted by atomic mass is 10.0. The zero-order chi connectivity index (χ0) is 26.0. The average Bonchev–Trinajstić information content (AvgIpc) is 3.49. The number of nitrogen functional groups attached to an aromatic ring is 1. The first-order chi connectivity index (χ1) is 17.2. The Labute approximate surface area is 206 Å². The fourth-order valence-electron chi connectivity index (χ4n) is 3.45. The van der Waals surface area contributed by atoms with Gasteiger partial charge in [-0.1, -0.05) is 0 Å². The van der Waals surface area contributed by atoms with E-state index in [0.29, 0.717) is 11.3 Å². The van der Waals surface area contributed by atoms with Crippen molar-refractivity contribution in [2.24, 2.45) is 5.73 Å². The molecule has 0 aliphatic carbocycles. The van der Waals surface area contributed by atoms with Gasteiger partial charge in [0.15, 0.2) is 28.0 Å². The molecule has 12 nitrogen and oxygen atoms in total. The van der Waals surface area contributed by atoms with Gasteiger partial charge in [-0.25, -0.2) is 19.0 Å². The number of amidine groups is 1. The number of carboxylic acid groups (broad SMARTS) is 1. The van der Waals surface area contributed by atoms with Gasteiger partial charge in [0.1, 0.15) is 17.7 Å². The first-order valence-electron chi connectivity index (χ1n) is 10.2. The van der Waals surface area contributed by atoms with Crippen molar-refractivity contribution in [2.75, 3.05) is 19.5 Å². The number of carbonyl (C=O) groups is 1. The quantitative estimate of drug-likeness (QED) is 0.166. The minimum Gasteiger partial charge on any atom is -0.493 e. The highest BCUT2D eigenvalue weighted by molar-refractivity contribution is 7.12. The van der Waals surface area contributed by atoms with Crippen molar-refractivity contribution in [3.8, 4) is 17.3 Å². The van der Waals surface area contributed by atoms with Crippen molar-refractivity contribution in [1.29, 1.82) is 5.41 Å². The number of ether oxygens (including phenoxy) is 2. The van der Waals surface area contributed by atoms with Crippen molar-refractivity contribution in [2.45, 2.75) is 6.04 Å². The summed E-state index contributed by atoms with van der Waals surface area (Å²) in [7, 11) is 2.77. The number of nitrogens with two attached hydrogens (primary N) is 1. The van der Waals surface area contributed by atoms with Crippen molar-refractivity contribution >= 4 is 28.8 Å². The molecule has 2 aromatic heterocycles. The minimum atomic E-state index is -1.27. The molecule has 0 aliphatic rings. The maximum Gasteiger partial charge on any atom is 0.349 e. The van der Waals surface area contributed by atoms with E-state index in [-0.39, 0.29) is 39.4 Å². The molecule has 0 aliphatic heterocycles. The van der Waals surface area contributed by atoms with Crippen LogP contribution in [0.2, 0.25) is 0 Å². The topological polar surface area (TPSA) is 181 Å². The number of hydrogen-bond acceptors (Lipinski definition) is 9. The van der Waals surface area contributed by atoms with Crippen LogP contribution in [-0.4, -0.2) is 50.9 Å². The van der Waals surface area contributed by atoms with Gasteiger partial charge < -0.3 is 25.6 Å². The number of aromatic amines is 1. The number of halogens is 1. The van der Waals surface area contributed by atoms with Crippen LogP contribution in [0.4, 0.5) is 10.1 Å². The van der Waals surface area contributed by atoms with Gasteiger partial charge in [0.2, 0.25) is 0 Å². The number of aromatic carboxylic acids is 1. The molecule has 1 unspecified atom stereocenters. The second kappa shape index (κ2) is 9.87. The molecule has 1 atom stereocenters. The Balaban J connectivity index is 1.85. The van der Waals surface area contributed by atoms with E-state index in [4.69, 9.17) is 20.6 Å². The zero-order valence-electron chi connectivity index (χ0n) is 18.9. The number of methoxy groups -OCH3 is 2. The SMILES string of the molecule is COc1cc(F)c(C(Nc2ccc(C(=N)N)cc2)c2nn(-c3ncsc3C(=O)O)c(=O)[nH]2)cc1OC.